The average Bonchev–Trinajstić information content (AvgIpc) is 3.43. The molecule has 174 valence electrons. The van der Waals surface area contributed by atoms with Gasteiger partial charge in [-0.1, -0.05) is 68.4 Å². The first-order valence-electron chi connectivity index (χ1n) is 12.8. The SMILES string of the molecule is CC(C)Cc1ccc2[nH]c3ccc(-c4ccc5c(c4)c4ccccc4n5-c4ccccc4)cc3c2c1. The van der Waals surface area contributed by atoms with Gasteiger partial charge in [0.1, 0.15) is 0 Å². The number of benzene rings is 5. The summed E-state index contributed by atoms with van der Waals surface area (Å²) in [7, 11) is 0. The lowest BCUT2D eigenvalue weighted by molar-refractivity contribution is 0.648. The molecule has 0 aliphatic heterocycles. The highest BCUT2D eigenvalue weighted by Crippen LogP contribution is 2.36. The molecule has 0 saturated heterocycles. The summed E-state index contributed by atoms with van der Waals surface area (Å²) >= 11 is 0. The van der Waals surface area contributed by atoms with Crippen LogP contribution in [-0.2, 0) is 6.42 Å². The van der Waals surface area contributed by atoms with Crippen molar-refractivity contribution in [3.8, 4) is 16.8 Å². The van der Waals surface area contributed by atoms with Crippen molar-refractivity contribution in [3.63, 3.8) is 0 Å². The molecule has 2 heteroatoms. The van der Waals surface area contributed by atoms with E-state index >= 15 is 0 Å². The van der Waals surface area contributed by atoms with Gasteiger partial charge in [0.2, 0.25) is 0 Å². The summed E-state index contributed by atoms with van der Waals surface area (Å²) in [6, 6.07) is 39.9. The van der Waals surface area contributed by atoms with Gasteiger partial charge in [0, 0.05) is 38.3 Å². The number of para-hydroxylation sites is 2. The predicted molar refractivity (Wildman–Crippen MR) is 154 cm³/mol. The van der Waals surface area contributed by atoms with Crippen LogP contribution in [0.25, 0.3) is 60.4 Å². The van der Waals surface area contributed by atoms with Crippen LogP contribution in [0.15, 0.2) is 109 Å². The van der Waals surface area contributed by atoms with Gasteiger partial charge >= 0.3 is 0 Å². The summed E-state index contributed by atoms with van der Waals surface area (Å²) in [6.45, 7) is 4.56. The van der Waals surface area contributed by atoms with Gasteiger partial charge < -0.3 is 9.55 Å². The van der Waals surface area contributed by atoms with E-state index in [-0.39, 0.29) is 0 Å². The minimum atomic E-state index is 0.646. The second-order valence-corrected chi connectivity index (χ2v) is 10.3. The number of H-pyrrole nitrogens is 1. The lowest BCUT2D eigenvalue weighted by atomic mass is 9.98. The number of nitrogens with one attached hydrogen (secondary N) is 1. The van der Waals surface area contributed by atoms with Crippen LogP contribution in [0.1, 0.15) is 19.4 Å². The molecular weight excluding hydrogens is 436 g/mol. The number of nitrogens with zero attached hydrogens (tertiary/aromatic N) is 1. The molecule has 36 heavy (non-hydrogen) atoms. The zero-order valence-corrected chi connectivity index (χ0v) is 20.6. The lowest BCUT2D eigenvalue weighted by Crippen LogP contribution is -1.93. The molecule has 7 aromatic rings. The second-order valence-electron chi connectivity index (χ2n) is 10.3. The molecule has 2 heterocycles. The lowest BCUT2D eigenvalue weighted by Gasteiger charge is -2.08. The summed E-state index contributed by atoms with van der Waals surface area (Å²) < 4.78 is 2.37. The highest BCUT2D eigenvalue weighted by atomic mass is 15.0. The third-order valence-electron chi connectivity index (χ3n) is 7.33. The Hall–Kier alpha value is -4.30. The van der Waals surface area contributed by atoms with Crippen molar-refractivity contribution in [2.75, 3.05) is 0 Å². The van der Waals surface area contributed by atoms with Gasteiger partial charge in [-0.25, -0.2) is 0 Å². The van der Waals surface area contributed by atoms with Gasteiger partial charge in [-0.05, 0) is 83.6 Å². The van der Waals surface area contributed by atoms with Crippen molar-refractivity contribution in [1.82, 2.24) is 9.55 Å². The fraction of sp³-hybridized carbons (Fsp3) is 0.118. The topological polar surface area (TPSA) is 20.7 Å². The van der Waals surface area contributed by atoms with Crippen molar-refractivity contribution >= 4 is 43.6 Å². The molecule has 5 aromatic carbocycles. The van der Waals surface area contributed by atoms with E-state index in [0.717, 1.165) is 6.42 Å². The van der Waals surface area contributed by atoms with Crippen molar-refractivity contribution < 1.29 is 0 Å². The fourth-order valence-corrected chi connectivity index (χ4v) is 5.73. The molecular formula is C34H28N2. The monoisotopic (exact) mass is 464 g/mol. The number of hydrogen-bond donors (Lipinski definition) is 1. The maximum Gasteiger partial charge on any atom is 0.0541 e. The van der Waals surface area contributed by atoms with Gasteiger partial charge in [0.25, 0.3) is 0 Å². The number of hydrogen-bond acceptors (Lipinski definition) is 0. The highest BCUT2D eigenvalue weighted by Gasteiger charge is 2.14. The van der Waals surface area contributed by atoms with E-state index in [9.17, 15) is 0 Å². The number of aromatic amines is 1. The Balaban J connectivity index is 1.42. The third-order valence-corrected chi connectivity index (χ3v) is 7.33. The summed E-state index contributed by atoms with van der Waals surface area (Å²) in [6.07, 6.45) is 1.10. The molecule has 1 N–H and O–H groups in total. The average molecular weight is 465 g/mol. The van der Waals surface area contributed by atoms with Crippen LogP contribution in [0.4, 0.5) is 0 Å². The van der Waals surface area contributed by atoms with Crippen molar-refractivity contribution in [2.24, 2.45) is 5.92 Å². The van der Waals surface area contributed by atoms with E-state index in [1.165, 1.54) is 66.0 Å². The van der Waals surface area contributed by atoms with Gasteiger partial charge in [0.05, 0.1) is 11.0 Å². The summed E-state index contributed by atoms with van der Waals surface area (Å²) in [4.78, 5) is 3.61. The number of rotatable bonds is 4. The van der Waals surface area contributed by atoms with Crippen LogP contribution in [0.2, 0.25) is 0 Å². The number of aromatic nitrogens is 2. The molecule has 0 amide bonds. The quantitative estimate of drug-likeness (QED) is 0.268. The van der Waals surface area contributed by atoms with Crippen LogP contribution in [0.5, 0.6) is 0 Å². The largest absolute Gasteiger partial charge is 0.355 e. The van der Waals surface area contributed by atoms with E-state index in [1.54, 1.807) is 0 Å². The van der Waals surface area contributed by atoms with E-state index in [0.29, 0.717) is 5.92 Å². The van der Waals surface area contributed by atoms with Crippen molar-refractivity contribution in [1.29, 1.82) is 0 Å². The third kappa shape index (κ3) is 3.33. The zero-order chi connectivity index (χ0) is 24.2. The molecule has 0 bridgehead atoms. The normalized spacial score (nSPS) is 12.0. The fourth-order valence-electron chi connectivity index (χ4n) is 5.73. The van der Waals surface area contributed by atoms with Crippen molar-refractivity contribution in [3.05, 3.63) is 115 Å². The molecule has 0 saturated carbocycles. The number of fused-ring (bicyclic) bond motifs is 6. The molecule has 7 rings (SSSR count). The Kier molecular flexibility index (Phi) is 4.75. The van der Waals surface area contributed by atoms with E-state index in [4.69, 9.17) is 0 Å². The van der Waals surface area contributed by atoms with Crippen LogP contribution >= 0.6 is 0 Å². The van der Waals surface area contributed by atoms with Gasteiger partial charge in [-0.3, -0.25) is 0 Å². The maximum atomic E-state index is 3.61. The zero-order valence-electron chi connectivity index (χ0n) is 20.6. The molecule has 0 atom stereocenters. The smallest absolute Gasteiger partial charge is 0.0541 e. The van der Waals surface area contributed by atoms with E-state index < -0.39 is 0 Å². The van der Waals surface area contributed by atoms with E-state index in [1.807, 2.05) is 0 Å². The molecule has 0 radical (unpaired) electrons. The second kappa shape index (κ2) is 8.13. The Morgan fingerprint density at radius 1 is 0.583 bits per heavy atom. The van der Waals surface area contributed by atoms with Gasteiger partial charge in [0.15, 0.2) is 0 Å². The first-order chi connectivity index (χ1) is 17.7. The molecule has 0 aliphatic rings. The minimum absolute atomic E-state index is 0.646. The Bertz CT molecular complexity index is 1880. The molecule has 2 nitrogen and oxygen atoms in total. The summed E-state index contributed by atoms with van der Waals surface area (Å²) in [5.41, 5.74) is 9.95. The van der Waals surface area contributed by atoms with Gasteiger partial charge in [-0.2, -0.15) is 0 Å². The van der Waals surface area contributed by atoms with Crippen LogP contribution in [0, 0.1) is 5.92 Å². The Morgan fingerprint density at radius 2 is 1.22 bits per heavy atom. The molecule has 2 aromatic heterocycles. The first kappa shape index (κ1) is 21.0. The Morgan fingerprint density at radius 3 is 2.03 bits per heavy atom. The maximum absolute atomic E-state index is 3.61. The van der Waals surface area contributed by atoms with Crippen LogP contribution in [-0.4, -0.2) is 9.55 Å². The highest BCUT2D eigenvalue weighted by molar-refractivity contribution is 6.12. The standard InChI is InChI=1S/C34H28N2/c1-22(2)18-23-12-15-31-28(19-23)29-20-24(13-16-32(29)35-31)25-14-17-34-30(21-25)27-10-6-7-11-33(27)36(34)26-8-4-3-5-9-26/h3-17,19-22,35H,18H2,1-2H3. The molecule has 0 unspecified atom stereocenters. The van der Waals surface area contributed by atoms with Gasteiger partial charge in [-0.15, -0.1) is 0 Å². The summed E-state index contributed by atoms with van der Waals surface area (Å²) in [5.74, 6) is 0.646. The van der Waals surface area contributed by atoms with Crippen molar-refractivity contribution in [2.45, 2.75) is 20.3 Å². The molecule has 0 fully saturated rings. The molecule has 0 aliphatic carbocycles. The summed E-state index contributed by atoms with van der Waals surface area (Å²) in [5, 5.41) is 5.17. The van der Waals surface area contributed by atoms with Crippen LogP contribution < -0.4 is 0 Å². The van der Waals surface area contributed by atoms with Crippen LogP contribution in [0.3, 0.4) is 0 Å². The first-order valence-corrected chi connectivity index (χ1v) is 12.8. The predicted octanol–water partition coefficient (Wildman–Crippen LogP) is 9.28. The molecule has 0 spiro atoms. The van der Waals surface area contributed by atoms with E-state index in [2.05, 4.69) is 133 Å². The Labute approximate surface area is 210 Å². The minimum Gasteiger partial charge on any atom is -0.355 e.